The van der Waals surface area contributed by atoms with Crippen molar-refractivity contribution < 1.29 is 58.9 Å². The number of hydrogen-bond donors (Lipinski definition) is 6. The van der Waals surface area contributed by atoms with E-state index in [1.54, 1.807) is 39.8 Å². The summed E-state index contributed by atoms with van der Waals surface area (Å²) in [6, 6.07) is 0. The van der Waals surface area contributed by atoms with Crippen LogP contribution in [0.1, 0.15) is 95.6 Å². The number of benzene rings is 2. The van der Waals surface area contributed by atoms with Crippen molar-refractivity contribution in [2.75, 3.05) is 25.5 Å². The lowest BCUT2D eigenvalue weighted by atomic mass is 9.78. The van der Waals surface area contributed by atoms with E-state index >= 15 is 0 Å². The number of ether oxygens (including phenoxy) is 4. The number of nitrogens with zero attached hydrogens (tertiary/aromatic N) is 2. The molecule has 15 heteroatoms. The van der Waals surface area contributed by atoms with Crippen LogP contribution in [-0.2, 0) is 23.8 Å². The van der Waals surface area contributed by atoms with Gasteiger partial charge >= 0.3 is 11.8 Å². The largest absolute Gasteiger partial charge is 0.507 e. The highest BCUT2D eigenvalue weighted by Crippen LogP contribution is 2.55. The van der Waals surface area contributed by atoms with Crippen LogP contribution in [0.3, 0.4) is 0 Å². The summed E-state index contributed by atoms with van der Waals surface area (Å²) in [7, 11) is 1.44. The Labute approximate surface area is 345 Å². The van der Waals surface area contributed by atoms with E-state index in [4.69, 9.17) is 18.9 Å². The number of nitrogens with one attached hydrogen (secondary N) is 1. The second-order valence-electron chi connectivity index (χ2n) is 16.2. The van der Waals surface area contributed by atoms with Crippen molar-refractivity contribution in [3.8, 4) is 23.0 Å². The van der Waals surface area contributed by atoms with E-state index in [-0.39, 0.29) is 44.5 Å². The van der Waals surface area contributed by atoms with Crippen LogP contribution in [0.5, 0.6) is 23.0 Å². The molecule has 4 aliphatic rings. The molecule has 5 bridgehead atoms. The maximum absolute atomic E-state index is 14.4. The summed E-state index contributed by atoms with van der Waals surface area (Å²) in [5, 5.41) is 67.1. The Kier molecular flexibility index (Phi) is 14.0. The predicted octanol–water partition coefficient (Wildman–Crippen LogP) is 5.96. The van der Waals surface area contributed by atoms with E-state index in [1.165, 1.54) is 59.4 Å². The van der Waals surface area contributed by atoms with Crippen LogP contribution < -0.4 is 10.1 Å². The van der Waals surface area contributed by atoms with Crippen LogP contribution >= 0.6 is 0 Å². The van der Waals surface area contributed by atoms with Crippen LogP contribution in [0.2, 0.25) is 0 Å². The summed E-state index contributed by atoms with van der Waals surface area (Å²) in [4.78, 5) is 40.5. The lowest BCUT2D eigenvalue weighted by Crippen LogP contribution is -2.46. The molecular weight excluding hydrogens is 762 g/mol. The number of allylic oxidation sites excluding steroid dienone is 2. The number of aromatic hydroxyl groups is 3. The molecule has 0 spiro atoms. The first-order valence-corrected chi connectivity index (χ1v) is 20.2. The van der Waals surface area contributed by atoms with Crippen molar-refractivity contribution in [2.45, 2.75) is 111 Å². The first kappa shape index (κ1) is 45.0. The summed E-state index contributed by atoms with van der Waals surface area (Å²) >= 11 is 0. The van der Waals surface area contributed by atoms with E-state index < -0.39 is 88.8 Å². The molecule has 0 aromatic heterocycles. The fourth-order valence-electron chi connectivity index (χ4n) is 8.18. The number of carbonyl (C=O) groups is 3. The number of rotatable bonds is 4. The van der Waals surface area contributed by atoms with Gasteiger partial charge in [0, 0.05) is 74.2 Å². The number of esters is 1. The molecule has 0 saturated carbocycles. The van der Waals surface area contributed by atoms with Crippen molar-refractivity contribution in [3.63, 3.8) is 0 Å². The normalized spacial score (nSPS) is 31.9. The van der Waals surface area contributed by atoms with Gasteiger partial charge in [-0.3, -0.25) is 19.4 Å². The van der Waals surface area contributed by atoms with Crippen LogP contribution in [0.15, 0.2) is 41.2 Å². The number of fused-ring (bicyclic) bond motifs is 14. The zero-order chi connectivity index (χ0) is 43.5. The highest BCUT2D eigenvalue weighted by Gasteiger charge is 2.50. The molecule has 15 nitrogen and oxygen atoms in total. The maximum Gasteiger partial charge on any atom is 0.312 e. The van der Waals surface area contributed by atoms with Crippen LogP contribution in [0, 0.1) is 30.6 Å². The Balaban J connectivity index is 1.71. The Hall–Kier alpha value is -5.12. The first-order chi connectivity index (χ1) is 27.8. The van der Waals surface area contributed by atoms with Crippen LogP contribution in [0.25, 0.3) is 10.8 Å². The number of amides is 1. The highest BCUT2D eigenvalue weighted by atomic mass is 16.7. The van der Waals surface area contributed by atoms with Gasteiger partial charge in [0.1, 0.15) is 23.4 Å². The van der Waals surface area contributed by atoms with Crippen molar-refractivity contribution in [1.82, 2.24) is 5.01 Å². The predicted molar refractivity (Wildman–Crippen MR) is 221 cm³/mol. The summed E-state index contributed by atoms with van der Waals surface area (Å²) in [6.07, 6.45) is 8.81. The third-order valence-electron chi connectivity index (χ3n) is 12.0. The van der Waals surface area contributed by atoms with Gasteiger partial charge in [-0.2, -0.15) is 5.10 Å². The minimum Gasteiger partial charge on any atom is -0.507 e. The second kappa shape index (κ2) is 18.4. The van der Waals surface area contributed by atoms with E-state index in [9.17, 15) is 39.9 Å². The van der Waals surface area contributed by atoms with Gasteiger partial charge in [0.25, 0.3) is 11.7 Å². The minimum atomic E-state index is -2.04. The fourth-order valence-corrected chi connectivity index (χ4v) is 8.18. The number of anilines is 1. The Morgan fingerprint density at radius 1 is 0.932 bits per heavy atom. The Morgan fingerprint density at radius 2 is 1.59 bits per heavy atom. The topological polar surface area (TPSA) is 217 Å². The van der Waals surface area contributed by atoms with Gasteiger partial charge in [0.2, 0.25) is 0 Å². The first-order valence-electron chi connectivity index (χ1n) is 20.2. The van der Waals surface area contributed by atoms with Gasteiger partial charge in [-0.05, 0) is 32.8 Å². The van der Waals surface area contributed by atoms with Gasteiger partial charge in [-0.15, -0.1) is 0 Å². The summed E-state index contributed by atoms with van der Waals surface area (Å²) < 4.78 is 23.6. The molecule has 6 N–H and O–H groups in total. The van der Waals surface area contributed by atoms with Crippen molar-refractivity contribution >= 4 is 40.3 Å². The van der Waals surface area contributed by atoms with E-state index in [1.807, 2.05) is 5.01 Å². The lowest BCUT2D eigenvalue weighted by Gasteiger charge is -2.38. The molecule has 4 heterocycles. The Morgan fingerprint density at radius 3 is 2.22 bits per heavy atom. The number of aliphatic hydroxyl groups excluding tert-OH is 2. The number of aliphatic hydroxyl groups is 2. The molecule has 0 unspecified atom stereocenters. The molecule has 2 aromatic rings. The van der Waals surface area contributed by atoms with Crippen molar-refractivity contribution in [1.29, 1.82) is 0 Å². The van der Waals surface area contributed by atoms with E-state index in [0.717, 1.165) is 25.7 Å². The number of ketones is 1. The number of carbonyl (C=O) groups excluding carboxylic acids is 3. The number of hydrogen-bond acceptors (Lipinski definition) is 14. The zero-order valence-corrected chi connectivity index (χ0v) is 35.3. The molecule has 6 rings (SSSR count). The van der Waals surface area contributed by atoms with Gasteiger partial charge in [-0.25, -0.2) is 0 Å². The molecular formula is C44H59N3O12. The van der Waals surface area contributed by atoms with Gasteiger partial charge in [0.15, 0.2) is 5.75 Å². The number of hydrazone groups is 1. The number of phenolic OH excluding ortho intramolecular Hbond substituents is 3. The zero-order valence-electron chi connectivity index (χ0n) is 35.3. The quantitative estimate of drug-likeness (QED) is 0.0909. The van der Waals surface area contributed by atoms with Crippen molar-refractivity contribution in [3.05, 3.63) is 52.8 Å². The molecule has 1 amide bonds. The third kappa shape index (κ3) is 9.07. The molecule has 1 fully saturated rings. The minimum absolute atomic E-state index is 0.0625. The van der Waals surface area contributed by atoms with Gasteiger partial charge < -0.3 is 49.8 Å². The summed E-state index contributed by atoms with van der Waals surface area (Å²) in [5.41, 5.74) is -0.293. The number of phenols is 3. The standard InChI is InChI=1S/C44H59N3O12/c1-22-15-14-16-23(2)43(55)46-34-29(21-45-47-18-12-10-11-13-19-47)38(52)31-32(39(34)53)37(51)27(6)41-33(31)42(54)44(8,59-41)57-20-17-30(56-9)24(3)40(58-28(7)48)26(5)36(50)25(4)35(22)49/h14-17,20-22,24-26,30,35-36,40,49-53H,10-13,18-19H2,1-9H3,(H,46,55)/b15-14+,20-17+,23-16-,45-21?/t22-,24-,25+,26-,30-,35-,36+,40+,44-/m0/s1. The maximum atomic E-state index is 14.4. The third-order valence-corrected chi connectivity index (χ3v) is 12.0. The fraction of sp³-hybridized carbons (Fsp3) is 0.545. The SMILES string of the molecule is CO[C@H]1/C=C/O[C@@]2(C)Oc3c(C)c(O)c4c(O)c(c(C=NN5CCCCCC5)c(O)c4c3C2=O)NC(=O)/C(C)=C\C=C\[C@H](C)[C@H](O)[C@@H](C)[C@@H](O)[C@H](C)[C@H](OC(C)=O)[C@H]1C. The van der Waals surface area contributed by atoms with Crippen molar-refractivity contribution in [2.24, 2.45) is 28.8 Å². The molecule has 9 atom stereocenters. The molecule has 0 radical (unpaired) electrons. The summed E-state index contributed by atoms with van der Waals surface area (Å²) in [5.74, 6) is -8.26. The number of methoxy groups -OCH3 is 1. The van der Waals surface area contributed by atoms with E-state index in [2.05, 4.69) is 10.4 Å². The second-order valence-corrected chi connectivity index (χ2v) is 16.2. The monoisotopic (exact) mass is 821 g/mol. The highest BCUT2D eigenvalue weighted by molar-refractivity contribution is 6.23. The molecule has 0 aliphatic carbocycles. The smallest absolute Gasteiger partial charge is 0.312 e. The van der Waals surface area contributed by atoms with Gasteiger partial charge in [-0.1, -0.05) is 58.8 Å². The average Bonchev–Trinajstić information content (AvgIpc) is 3.33. The lowest BCUT2D eigenvalue weighted by molar-refractivity contribution is -0.160. The molecule has 4 aliphatic heterocycles. The summed E-state index contributed by atoms with van der Waals surface area (Å²) in [6.45, 7) is 13.9. The average molecular weight is 822 g/mol. The van der Waals surface area contributed by atoms with Gasteiger partial charge in [0.05, 0.1) is 53.0 Å². The molecule has 322 valence electrons. The van der Waals surface area contributed by atoms with E-state index in [0.29, 0.717) is 13.1 Å². The molecule has 59 heavy (non-hydrogen) atoms. The Bertz CT molecular complexity index is 2050. The number of Topliss-reactive ketones (excluding diaryl/α,β-unsaturated/α-hetero) is 1. The molecule has 2 aromatic carbocycles. The molecule has 1 saturated heterocycles. The van der Waals surface area contributed by atoms with Crippen LogP contribution in [-0.4, -0.2) is 105 Å². The van der Waals surface area contributed by atoms with Crippen LogP contribution in [0.4, 0.5) is 5.69 Å².